The first-order valence-electron chi connectivity index (χ1n) is 7.29. The zero-order chi connectivity index (χ0) is 12.8. The molecule has 0 spiro atoms. The molecule has 1 atom stereocenters. The molecule has 18 heavy (non-hydrogen) atoms. The third-order valence-electron chi connectivity index (χ3n) is 4.03. The number of nitrogens with zero attached hydrogens (tertiary/aromatic N) is 1. The zero-order valence-electron chi connectivity index (χ0n) is 11.7. The van der Waals surface area contributed by atoms with Gasteiger partial charge in [0.15, 0.2) is 0 Å². The maximum absolute atomic E-state index is 3.74. The van der Waals surface area contributed by atoms with Crippen molar-refractivity contribution in [1.82, 2.24) is 10.2 Å². The first kappa shape index (κ1) is 14.0. The molecule has 102 valence electrons. The first-order valence-corrected chi connectivity index (χ1v) is 8.17. The van der Waals surface area contributed by atoms with Crippen LogP contribution in [0.1, 0.15) is 44.4 Å². The molecular formula is C15H26N2S. The smallest absolute Gasteiger partial charge is 0.0331 e. The van der Waals surface area contributed by atoms with Crippen LogP contribution >= 0.6 is 11.3 Å². The van der Waals surface area contributed by atoms with E-state index in [-0.39, 0.29) is 0 Å². The summed E-state index contributed by atoms with van der Waals surface area (Å²) < 4.78 is 0. The molecular weight excluding hydrogens is 240 g/mol. The summed E-state index contributed by atoms with van der Waals surface area (Å²) in [6.45, 7) is 7.97. The molecule has 1 aromatic heterocycles. The maximum Gasteiger partial charge on any atom is 0.0331 e. The van der Waals surface area contributed by atoms with E-state index in [0.29, 0.717) is 6.04 Å². The lowest BCUT2D eigenvalue weighted by atomic mass is 10.2. The van der Waals surface area contributed by atoms with E-state index in [1.54, 1.807) is 0 Å². The van der Waals surface area contributed by atoms with Crippen molar-refractivity contribution >= 4 is 11.3 Å². The normalized spacial score (nSPS) is 18.6. The highest BCUT2D eigenvalue weighted by Crippen LogP contribution is 2.18. The molecule has 0 saturated heterocycles. The number of hydrogen-bond donors (Lipinski definition) is 1. The number of rotatable bonds is 7. The summed E-state index contributed by atoms with van der Waals surface area (Å²) >= 11 is 1.87. The van der Waals surface area contributed by atoms with Crippen molar-refractivity contribution in [3.8, 4) is 0 Å². The maximum atomic E-state index is 3.74. The summed E-state index contributed by atoms with van der Waals surface area (Å²) in [5.74, 6) is 0. The molecule has 0 radical (unpaired) electrons. The Labute approximate surface area is 115 Å². The van der Waals surface area contributed by atoms with Crippen LogP contribution in [-0.4, -0.2) is 30.1 Å². The van der Waals surface area contributed by atoms with Crippen LogP contribution in [0.25, 0.3) is 0 Å². The minimum absolute atomic E-state index is 0.623. The number of likely N-dealkylation sites (N-methyl/N-ethyl adjacent to an activating group) is 1. The van der Waals surface area contributed by atoms with Gasteiger partial charge in [0.1, 0.15) is 0 Å². The molecule has 1 saturated carbocycles. The molecule has 0 aliphatic heterocycles. The fourth-order valence-corrected chi connectivity index (χ4v) is 3.51. The fraction of sp³-hybridized carbons (Fsp3) is 0.733. The largest absolute Gasteiger partial charge is 0.312 e. The van der Waals surface area contributed by atoms with E-state index >= 15 is 0 Å². The summed E-state index contributed by atoms with van der Waals surface area (Å²) in [7, 11) is 0. The fourth-order valence-electron chi connectivity index (χ4n) is 2.78. The minimum atomic E-state index is 0.623. The van der Waals surface area contributed by atoms with Crippen LogP contribution in [0.4, 0.5) is 0 Å². The molecule has 1 unspecified atom stereocenters. The predicted octanol–water partition coefficient (Wildman–Crippen LogP) is 3.49. The average molecular weight is 266 g/mol. The zero-order valence-corrected chi connectivity index (χ0v) is 12.5. The van der Waals surface area contributed by atoms with E-state index in [1.165, 1.54) is 30.6 Å². The van der Waals surface area contributed by atoms with E-state index in [1.807, 2.05) is 11.3 Å². The predicted molar refractivity (Wildman–Crippen MR) is 80.1 cm³/mol. The number of nitrogens with one attached hydrogen (secondary N) is 1. The second-order valence-corrected chi connectivity index (χ2v) is 6.41. The molecule has 2 nitrogen and oxygen atoms in total. The number of hydrogen-bond acceptors (Lipinski definition) is 3. The summed E-state index contributed by atoms with van der Waals surface area (Å²) in [6.07, 6.45) is 5.59. The van der Waals surface area contributed by atoms with Gasteiger partial charge in [-0.05, 0) is 37.8 Å². The molecule has 0 bridgehead atoms. The second kappa shape index (κ2) is 7.27. The Kier molecular flexibility index (Phi) is 5.67. The van der Waals surface area contributed by atoms with Gasteiger partial charge >= 0.3 is 0 Å². The third-order valence-corrected chi connectivity index (χ3v) is 4.89. The van der Waals surface area contributed by atoms with Gasteiger partial charge in [0, 0.05) is 30.1 Å². The Morgan fingerprint density at radius 2 is 2.22 bits per heavy atom. The van der Waals surface area contributed by atoms with Crippen molar-refractivity contribution in [2.45, 2.75) is 58.2 Å². The van der Waals surface area contributed by atoms with Gasteiger partial charge in [-0.1, -0.05) is 25.8 Å². The van der Waals surface area contributed by atoms with Crippen LogP contribution in [0, 0.1) is 0 Å². The molecule has 1 aromatic rings. The minimum Gasteiger partial charge on any atom is -0.312 e. The first-order chi connectivity index (χ1) is 8.79. The lowest BCUT2D eigenvalue weighted by Crippen LogP contribution is -2.42. The van der Waals surface area contributed by atoms with E-state index in [9.17, 15) is 0 Å². The van der Waals surface area contributed by atoms with Crippen LogP contribution in [0.5, 0.6) is 0 Å². The van der Waals surface area contributed by atoms with Crippen molar-refractivity contribution in [2.75, 3.05) is 13.1 Å². The Hall–Kier alpha value is -0.380. The highest BCUT2D eigenvalue weighted by molar-refractivity contribution is 7.09. The lowest BCUT2D eigenvalue weighted by molar-refractivity contribution is 0.203. The van der Waals surface area contributed by atoms with Gasteiger partial charge in [-0.2, -0.15) is 0 Å². The number of thiophene rings is 1. The average Bonchev–Trinajstić information content (AvgIpc) is 3.06. The van der Waals surface area contributed by atoms with E-state index in [0.717, 1.165) is 25.7 Å². The molecule has 0 aromatic carbocycles. The van der Waals surface area contributed by atoms with E-state index < -0.39 is 0 Å². The highest BCUT2D eigenvalue weighted by Gasteiger charge is 2.17. The van der Waals surface area contributed by atoms with Gasteiger partial charge < -0.3 is 5.32 Å². The Balaban J connectivity index is 1.75. The third kappa shape index (κ3) is 4.08. The van der Waals surface area contributed by atoms with Gasteiger partial charge in [-0.3, -0.25) is 4.90 Å². The van der Waals surface area contributed by atoms with Crippen molar-refractivity contribution in [3.05, 3.63) is 22.4 Å². The van der Waals surface area contributed by atoms with Gasteiger partial charge in [-0.15, -0.1) is 11.3 Å². The van der Waals surface area contributed by atoms with Crippen LogP contribution in [-0.2, 0) is 6.54 Å². The quantitative estimate of drug-likeness (QED) is 0.812. The van der Waals surface area contributed by atoms with Crippen molar-refractivity contribution in [2.24, 2.45) is 0 Å². The van der Waals surface area contributed by atoms with Gasteiger partial charge in [-0.25, -0.2) is 0 Å². The summed E-state index contributed by atoms with van der Waals surface area (Å²) in [6, 6.07) is 5.80. The van der Waals surface area contributed by atoms with Gasteiger partial charge in [0.2, 0.25) is 0 Å². The Morgan fingerprint density at radius 1 is 1.44 bits per heavy atom. The second-order valence-electron chi connectivity index (χ2n) is 5.38. The van der Waals surface area contributed by atoms with Crippen molar-refractivity contribution in [1.29, 1.82) is 0 Å². The van der Waals surface area contributed by atoms with Crippen LogP contribution in [0.2, 0.25) is 0 Å². The summed E-state index contributed by atoms with van der Waals surface area (Å²) in [4.78, 5) is 4.04. The highest BCUT2D eigenvalue weighted by atomic mass is 32.1. The molecule has 1 N–H and O–H groups in total. The van der Waals surface area contributed by atoms with Gasteiger partial charge in [0.25, 0.3) is 0 Å². The van der Waals surface area contributed by atoms with Crippen molar-refractivity contribution in [3.63, 3.8) is 0 Å². The van der Waals surface area contributed by atoms with Crippen molar-refractivity contribution < 1.29 is 0 Å². The standard InChI is InChI=1S/C15H26N2S/c1-3-17(12-15-9-6-10-18-15)13(2)11-16-14-7-4-5-8-14/h6,9-10,13-14,16H,3-5,7-8,11-12H2,1-2H3. The molecule has 1 fully saturated rings. The Morgan fingerprint density at radius 3 is 2.83 bits per heavy atom. The lowest BCUT2D eigenvalue weighted by Gasteiger charge is -2.28. The topological polar surface area (TPSA) is 15.3 Å². The van der Waals surface area contributed by atoms with E-state index in [2.05, 4.69) is 41.6 Å². The summed E-state index contributed by atoms with van der Waals surface area (Å²) in [5.41, 5.74) is 0. The SMILES string of the molecule is CCN(Cc1cccs1)C(C)CNC1CCCC1. The molecule has 1 aliphatic carbocycles. The van der Waals surface area contributed by atoms with Crippen LogP contribution in [0.3, 0.4) is 0 Å². The van der Waals surface area contributed by atoms with Gasteiger partial charge in [0.05, 0.1) is 0 Å². The molecule has 3 heteroatoms. The molecule has 2 rings (SSSR count). The van der Waals surface area contributed by atoms with Crippen LogP contribution < -0.4 is 5.32 Å². The van der Waals surface area contributed by atoms with Crippen LogP contribution in [0.15, 0.2) is 17.5 Å². The Bertz CT molecular complexity index is 317. The summed E-state index contributed by atoms with van der Waals surface area (Å²) in [5, 5.41) is 5.91. The monoisotopic (exact) mass is 266 g/mol. The van der Waals surface area contributed by atoms with E-state index in [4.69, 9.17) is 0 Å². The molecule has 1 heterocycles. The molecule has 1 aliphatic rings. The molecule has 0 amide bonds.